The molecule has 0 heterocycles. The van der Waals surface area contributed by atoms with Crippen molar-refractivity contribution in [1.82, 2.24) is 5.48 Å². The highest BCUT2D eigenvalue weighted by Gasteiger charge is 2.61. The summed E-state index contributed by atoms with van der Waals surface area (Å²) >= 11 is 5.89. The van der Waals surface area contributed by atoms with Gasteiger partial charge >= 0.3 is 0 Å². The fourth-order valence-electron chi connectivity index (χ4n) is 3.68. The predicted molar refractivity (Wildman–Crippen MR) is 72.9 cm³/mol. The molecule has 3 saturated carbocycles. The summed E-state index contributed by atoms with van der Waals surface area (Å²) in [5.74, 6) is -0.512. The Bertz CT molecular complexity index is 585. The van der Waals surface area contributed by atoms with Crippen LogP contribution in [0.5, 0.6) is 5.75 Å². The highest BCUT2D eigenvalue weighted by molar-refractivity contribution is 6.30. The van der Waals surface area contributed by atoms with E-state index in [0.29, 0.717) is 11.3 Å². The highest BCUT2D eigenvalue weighted by atomic mass is 35.5. The van der Waals surface area contributed by atoms with E-state index in [1.165, 1.54) is 13.0 Å². The Morgan fingerprint density at radius 3 is 2.70 bits per heavy atom. The van der Waals surface area contributed by atoms with Gasteiger partial charge < -0.3 is 10.6 Å². The lowest BCUT2D eigenvalue weighted by atomic mass is 9.62. The highest BCUT2D eigenvalue weighted by Crippen LogP contribution is 2.63. The average molecular weight is 299 g/mol. The van der Waals surface area contributed by atoms with Crippen LogP contribution in [0, 0.1) is 5.82 Å². The second kappa shape index (κ2) is 4.33. The number of nitrogens with one attached hydrogen (secondary N) is 1. The lowest BCUT2D eigenvalue weighted by Crippen LogP contribution is -2.52. The topological polar surface area (TPSA) is 64.3 Å². The van der Waals surface area contributed by atoms with Gasteiger partial charge in [0, 0.05) is 23.4 Å². The summed E-state index contributed by atoms with van der Waals surface area (Å²) in [5.41, 5.74) is 8.35. The summed E-state index contributed by atoms with van der Waals surface area (Å²) in [6.07, 6.45) is 3.15. The summed E-state index contributed by atoms with van der Waals surface area (Å²) < 4.78 is 14.5. The number of rotatable bonds is 3. The molecule has 0 radical (unpaired) electrons. The minimum absolute atomic E-state index is 0.0611. The van der Waals surface area contributed by atoms with E-state index in [0.717, 1.165) is 25.7 Å². The summed E-state index contributed by atoms with van der Waals surface area (Å²) in [6, 6.07) is 3.01. The zero-order valence-electron chi connectivity index (χ0n) is 11.1. The number of carbonyl (C=O) groups excluding carboxylic acids is 1. The largest absolute Gasteiger partial charge is 0.379 e. The Balaban J connectivity index is 2.00. The van der Waals surface area contributed by atoms with Crippen LogP contribution in [0.2, 0.25) is 5.02 Å². The van der Waals surface area contributed by atoms with Gasteiger partial charge in [0.25, 0.3) is 0 Å². The molecular formula is C14H16ClFN2O2. The molecule has 3 N–H and O–H groups in total. The van der Waals surface area contributed by atoms with E-state index in [1.807, 2.05) is 0 Å². The third kappa shape index (κ3) is 1.96. The van der Waals surface area contributed by atoms with Crippen LogP contribution in [0.4, 0.5) is 4.39 Å². The lowest BCUT2D eigenvalue weighted by Gasteiger charge is -2.46. The number of hydroxylamine groups is 1. The zero-order valence-corrected chi connectivity index (χ0v) is 11.9. The van der Waals surface area contributed by atoms with Crippen molar-refractivity contribution in [3.63, 3.8) is 0 Å². The number of nitrogens with two attached hydrogens (primary N) is 1. The third-order valence-corrected chi connectivity index (χ3v) is 4.67. The van der Waals surface area contributed by atoms with Crippen molar-refractivity contribution < 1.29 is 14.0 Å². The van der Waals surface area contributed by atoms with Crippen molar-refractivity contribution in [3.8, 4) is 5.75 Å². The molecule has 0 aromatic heterocycles. The Kier molecular flexibility index (Phi) is 2.95. The smallest absolute Gasteiger partial charge is 0.249 e. The van der Waals surface area contributed by atoms with Gasteiger partial charge in [-0.1, -0.05) is 11.6 Å². The zero-order chi connectivity index (χ0) is 14.5. The van der Waals surface area contributed by atoms with Crippen LogP contribution in [0.15, 0.2) is 12.1 Å². The van der Waals surface area contributed by atoms with Crippen LogP contribution in [0.3, 0.4) is 0 Å². The van der Waals surface area contributed by atoms with Crippen molar-refractivity contribution in [2.45, 2.75) is 43.6 Å². The molecule has 3 fully saturated rings. The molecule has 1 aromatic rings. The van der Waals surface area contributed by atoms with Crippen molar-refractivity contribution in [3.05, 3.63) is 28.5 Å². The molecule has 1 amide bonds. The first kappa shape index (κ1) is 13.6. The van der Waals surface area contributed by atoms with Crippen molar-refractivity contribution in [2.24, 2.45) is 5.73 Å². The van der Waals surface area contributed by atoms with E-state index >= 15 is 0 Å². The van der Waals surface area contributed by atoms with Gasteiger partial charge in [0.05, 0.1) is 5.02 Å². The van der Waals surface area contributed by atoms with E-state index in [-0.39, 0.29) is 21.9 Å². The number of hydrogen-bond acceptors (Lipinski definition) is 3. The maximum absolute atomic E-state index is 14.5. The minimum atomic E-state index is -0.474. The van der Waals surface area contributed by atoms with E-state index in [2.05, 4.69) is 5.48 Å². The van der Waals surface area contributed by atoms with Crippen LogP contribution < -0.4 is 16.1 Å². The Morgan fingerprint density at radius 1 is 1.45 bits per heavy atom. The fourth-order valence-corrected chi connectivity index (χ4v) is 3.84. The molecule has 3 aliphatic carbocycles. The normalized spacial score (nSPS) is 30.8. The van der Waals surface area contributed by atoms with Crippen LogP contribution >= 0.6 is 11.6 Å². The van der Waals surface area contributed by atoms with Gasteiger partial charge in [0.15, 0.2) is 5.75 Å². The van der Waals surface area contributed by atoms with E-state index in [4.69, 9.17) is 22.2 Å². The number of hydrogen-bond donors (Lipinski definition) is 2. The summed E-state index contributed by atoms with van der Waals surface area (Å²) in [6.45, 7) is 1.33. The van der Waals surface area contributed by atoms with Gasteiger partial charge in [0.1, 0.15) is 5.82 Å². The predicted octanol–water partition coefficient (Wildman–Crippen LogP) is 2.43. The van der Waals surface area contributed by atoms with Gasteiger partial charge in [-0.05, 0) is 37.8 Å². The minimum Gasteiger partial charge on any atom is -0.379 e. The monoisotopic (exact) mass is 298 g/mol. The SMILES string of the molecule is CC(=O)NOc1ccc(Cl)c(F)c1C12CCC(N)(C1)C2. The first-order chi connectivity index (χ1) is 9.35. The number of benzene rings is 1. The van der Waals surface area contributed by atoms with Gasteiger partial charge in [-0.25, -0.2) is 4.39 Å². The molecule has 0 unspecified atom stereocenters. The van der Waals surface area contributed by atoms with Crippen molar-refractivity contribution in [2.75, 3.05) is 0 Å². The van der Waals surface area contributed by atoms with Crippen molar-refractivity contribution >= 4 is 17.5 Å². The second-order valence-electron chi connectivity index (χ2n) is 5.99. The number of fused-ring (bicyclic) bond motifs is 1. The Hall–Kier alpha value is -1.33. The summed E-state index contributed by atoms with van der Waals surface area (Å²) in [7, 11) is 0. The molecule has 6 heteroatoms. The van der Waals surface area contributed by atoms with Crippen LogP contribution in [0.25, 0.3) is 0 Å². The molecule has 3 aliphatic rings. The van der Waals surface area contributed by atoms with Crippen molar-refractivity contribution in [1.29, 1.82) is 0 Å². The lowest BCUT2D eigenvalue weighted by molar-refractivity contribution is -0.125. The van der Waals surface area contributed by atoms with Crippen LogP contribution in [-0.4, -0.2) is 11.4 Å². The number of halogens is 2. The second-order valence-corrected chi connectivity index (χ2v) is 6.40. The molecular weight excluding hydrogens is 283 g/mol. The van der Waals surface area contributed by atoms with Crippen LogP contribution in [0.1, 0.15) is 38.2 Å². The molecule has 4 nitrogen and oxygen atoms in total. The number of carbonyl (C=O) groups is 1. The first-order valence-electron chi connectivity index (χ1n) is 6.56. The number of amides is 1. The molecule has 4 rings (SSSR count). The van der Waals surface area contributed by atoms with Gasteiger partial charge in [-0.15, -0.1) is 0 Å². The molecule has 0 spiro atoms. The maximum atomic E-state index is 14.5. The molecule has 1 aromatic carbocycles. The quantitative estimate of drug-likeness (QED) is 0.842. The fraction of sp³-hybridized carbons (Fsp3) is 0.500. The van der Waals surface area contributed by atoms with Gasteiger partial charge in [-0.2, -0.15) is 5.48 Å². The van der Waals surface area contributed by atoms with Crippen LogP contribution in [-0.2, 0) is 10.2 Å². The van der Waals surface area contributed by atoms with Gasteiger partial charge in [-0.3, -0.25) is 4.79 Å². The molecule has 0 saturated heterocycles. The molecule has 108 valence electrons. The van der Waals surface area contributed by atoms with Gasteiger partial charge in [0.2, 0.25) is 5.91 Å². The van der Waals surface area contributed by atoms with E-state index < -0.39 is 5.82 Å². The molecule has 0 atom stereocenters. The molecule has 2 bridgehead atoms. The standard InChI is InChI=1S/C14H16ClFN2O2/c1-8(19)18-20-10-3-2-9(15)12(16)11(10)13-4-5-14(17,6-13)7-13/h2-3H,4-7,17H2,1H3,(H,18,19). The Morgan fingerprint density at radius 2 is 2.15 bits per heavy atom. The summed E-state index contributed by atoms with van der Waals surface area (Å²) in [4.78, 5) is 16.2. The Labute approximate surface area is 121 Å². The average Bonchev–Trinajstić information content (AvgIpc) is 2.84. The molecule has 0 aliphatic heterocycles. The molecule has 20 heavy (non-hydrogen) atoms. The van der Waals surface area contributed by atoms with E-state index in [9.17, 15) is 9.18 Å². The first-order valence-corrected chi connectivity index (χ1v) is 6.94. The van der Waals surface area contributed by atoms with E-state index in [1.54, 1.807) is 6.07 Å². The third-order valence-electron chi connectivity index (χ3n) is 4.37. The maximum Gasteiger partial charge on any atom is 0.249 e. The summed E-state index contributed by atoms with van der Waals surface area (Å²) in [5, 5.41) is 0.0611.